The first-order valence-corrected chi connectivity index (χ1v) is 52.1. The van der Waals surface area contributed by atoms with E-state index in [2.05, 4.69) is 425 Å². The molecule has 608 valence electrons. The van der Waals surface area contributed by atoms with Crippen molar-refractivity contribution < 1.29 is 0 Å². The molecule has 0 atom stereocenters. The van der Waals surface area contributed by atoms with E-state index in [-0.39, 0.29) is 0 Å². The fraction of sp³-hybridized carbons (Fsp3) is 0.0339. The molecule has 0 saturated carbocycles. The number of benzene rings is 18. The van der Waals surface area contributed by atoms with Gasteiger partial charge in [0.2, 0.25) is 0 Å². The number of hydrogen-bond acceptors (Lipinski definition) is 6. The van der Waals surface area contributed by atoms with Crippen LogP contribution < -0.4 is 35.2 Å². The molecule has 8 nitrogen and oxygen atoms in total. The molecule has 10 heteroatoms. The van der Waals surface area contributed by atoms with Gasteiger partial charge in [0.25, 0.3) is 0 Å². The maximum absolute atomic E-state index is 5.24. The molecule has 0 unspecified atom stereocenters. The molecule has 4 aromatic heterocycles. The Bertz CT molecular complexity index is 7370. The van der Waals surface area contributed by atoms with Gasteiger partial charge in [0, 0.05) is 0 Å². The quantitative estimate of drug-likeness (QED) is 0.0796. The van der Waals surface area contributed by atoms with E-state index in [9.17, 15) is 0 Å². The van der Waals surface area contributed by atoms with Gasteiger partial charge in [-0.15, -0.1) is 0 Å². The number of fused-ring (bicyclic) bond motifs is 6. The predicted molar refractivity (Wildman–Crippen MR) is 538 cm³/mol. The van der Waals surface area contributed by atoms with Crippen molar-refractivity contribution in [2.24, 2.45) is 0 Å². The molecule has 22 rings (SSSR count). The molecule has 0 bridgehead atoms. The molecule has 0 N–H and O–H groups in total. The molecular weight excluding hydrogens is 1670 g/mol. The second kappa shape index (κ2) is 34.6. The van der Waals surface area contributed by atoms with Crippen molar-refractivity contribution in [1.82, 2.24) is 39.0 Å². The summed E-state index contributed by atoms with van der Waals surface area (Å²) in [5, 5.41) is 4.97. The van der Waals surface area contributed by atoms with Crippen molar-refractivity contribution >= 4 is 105 Å². The number of aryl methyl sites for hydroxylation is 4. The molecule has 0 aliphatic heterocycles. The van der Waals surface area contributed by atoms with E-state index in [4.69, 9.17) is 29.9 Å². The summed E-state index contributed by atoms with van der Waals surface area (Å²) < 4.78 is 15.9. The van der Waals surface area contributed by atoms with E-state index in [0.29, 0.717) is 34.9 Å². The Balaban J connectivity index is 0.000000156. The molecule has 22 aromatic rings. The Morgan fingerprint density at radius 2 is 0.406 bits per heavy atom. The van der Waals surface area contributed by atoms with E-state index < -0.39 is 26.5 Å². The van der Waals surface area contributed by atoms with Crippen molar-refractivity contribution in [3.8, 4) is 102 Å². The van der Waals surface area contributed by atoms with Crippen LogP contribution in [0.25, 0.3) is 146 Å². The zero-order valence-electron chi connectivity index (χ0n) is 71.5. The van der Waals surface area contributed by atoms with Crippen LogP contribution in [0.2, 0.25) is 0 Å². The summed E-state index contributed by atoms with van der Waals surface area (Å²) >= 11 is -7.33. The van der Waals surface area contributed by atoms with E-state index in [0.717, 1.165) is 72.5 Å². The van der Waals surface area contributed by atoms with Crippen LogP contribution in [0, 0.1) is 27.7 Å². The molecule has 0 amide bonds. The van der Waals surface area contributed by atoms with Gasteiger partial charge in [0.15, 0.2) is 0 Å². The molecule has 0 spiro atoms. The standard InChI is InChI=1S/2C59H44GeN4/c1-41-32-35-54-50(38-41)51-39-42(2)33-36-55(51)64(54)56-37-34-45(59-62-57(43-20-8-3-9-21-43)61-58(63-59)44-22-10-4-11-23-44)40-52(56)49-30-18-19-31-53(49)60(46-24-12-5-13-25-46,47-26-14-6-15-27-47)48-28-16-7-17-29-48;1-41-28-35-55-52(38-41)53-39-42(2)29-36-56(53)64(55)54-37-32-46(59-62-57(44-18-8-3-9-19-44)61-58(63-59)45-20-10-4-11-21-45)40-51(54)43-30-33-50(34-31-43)60(47-22-12-5-13-23-47,48-24-14-6-15-25-48)49-26-16-7-17-27-49/h2*3-40H,1-2H3. The molecule has 4 heterocycles. The van der Waals surface area contributed by atoms with E-state index in [1.165, 1.54) is 95.6 Å². The Labute approximate surface area is 751 Å². The third-order valence-corrected chi connectivity index (χ3v) is 45.3. The minimum absolute atomic E-state index is 0.619. The van der Waals surface area contributed by atoms with Crippen LogP contribution >= 0.6 is 0 Å². The van der Waals surface area contributed by atoms with E-state index in [1.54, 1.807) is 0 Å². The summed E-state index contributed by atoms with van der Waals surface area (Å²) in [4.78, 5) is 30.9. The fourth-order valence-electron chi connectivity index (χ4n) is 19.1. The Kier molecular flexibility index (Phi) is 21.6. The zero-order chi connectivity index (χ0) is 86.1. The number of aromatic nitrogens is 8. The van der Waals surface area contributed by atoms with Crippen molar-refractivity contribution in [1.29, 1.82) is 0 Å². The van der Waals surface area contributed by atoms with Crippen LogP contribution in [0.15, 0.2) is 461 Å². The average Bonchev–Trinajstić information content (AvgIpc) is 1.64. The first-order valence-electron chi connectivity index (χ1n) is 43.7. The van der Waals surface area contributed by atoms with Crippen molar-refractivity contribution in [2.45, 2.75) is 27.7 Å². The third-order valence-electron chi connectivity index (χ3n) is 25.0. The normalized spacial score (nSPS) is 11.6. The minimum atomic E-state index is -3.82. The second-order valence-corrected chi connectivity index (χ2v) is 49.0. The van der Waals surface area contributed by atoms with E-state index in [1.807, 2.05) is 72.8 Å². The van der Waals surface area contributed by atoms with Gasteiger partial charge in [0.1, 0.15) is 0 Å². The van der Waals surface area contributed by atoms with Gasteiger partial charge in [-0.3, -0.25) is 0 Å². The van der Waals surface area contributed by atoms with Crippen molar-refractivity contribution in [2.75, 3.05) is 0 Å². The molecule has 18 aromatic carbocycles. The Hall–Kier alpha value is -15.3. The molecule has 0 radical (unpaired) electrons. The van der Waals surface area contributed by atoms with Crippen LogP contribution in [-0.2, 0) is 0 Å². The maximum atomic E-state index is 5.24. The number of nitrogens with zero attached hydrogens (tertiary/aromatic N) is 8. The summed E-state index contributed by atoms with van der Waals surface area (Å²) in [7, 11) is 0. The Morgan fingerprint density at radius 1 is 0.172 bits per heavy atom. The average molecular weight is 1760 g/mol. The predicted octanol–water partition coefficient (Wildman–Crippen LogP) is 23.3. The van der Waals surface area contributed by atoms with Crippen LogP contribution in [0.1, 0.15) is 22.3 Å². The summed E-state index contributed by atoms with van der Waals surface area (Å²) in [5.41, 5.74) is 21.9. The molecule has 0 saturated heterocycles. The fourth-order valence-corrected chi connectivity index (χ4v) is 39.5. The van der Waals surface area contributed by atoms with Gasteiger partial charge in [-0.1, -0.05) is 36.4 Å². The van der Waals surface area contributed by atoms with Crippen LogP contribution in [0.5, 0.6) is 0 Å². The van der Waals surface area contributed by atoms with Crippen LogP contribution in [0.3, 0.4) is 0 Å². The first-order chi connectivity index (χ1) is 63.1. The van der Waals surface area contributed by atoms with Crippen LogP contribution in [0.4, 0.5) is 0 Å². The van der Waals surface area contributed by atoms with Crippen molar-refractivity contribution in [3.05, 3.63) is 483 Å². The zero-order valence-corrected chi connectivity index (χ0v) is 75.7. The molecule has 0 aliphatic carbocycles. The topological polar surface area (TPSA) is 87.2 Å². The summed E-state index contributed by atoms with van der Waals surface area (Å²) in [6.45, 7) is 8.71. The molecule has 0 aliphatic rings. The summed E-state index contributed by atoms with van der Waals surface area (Å²) in [6, 6.07) is 168. The first kappa shape index (κ1) is 79.8. The summed E-state index contributed by atoms with van der Waals surface area (Å²) in [5.74, 6) is 3.78. The van der Waals surface area contributed by atoms with Gasteiger partial charge in [0.05, 0.1) is 0 Å². The number of rotatable bonds is 18. The van der Waals surface area contributed by atoms with Gasteiger partial charge < -0.3 is 0 Å². The third kappa shape index (κ3) is 14.8. The SMILES string of the molecule is Cc1ccc2c(c1)c1cc(C)ccc1n2-c1ccc(-c2nc(-c3ccccc3)nc(-c3ccccc3)n2)cc1-c1cc[c]([Ge]([c]2ccccc2)([c]2ccccc2)[c]2ccccc2)cc1.Cc1ccc2c(c1)c1cc(C)ccc1n2-c1ccc(-c2nc(-c3ccccc3)nc(-c3ccccc3)n2)cc1-c1cccc[c]1[Ge]([c]1ccccc1)([c]1ccccc1)[c]1ccccc1. The molecular formula is C118H88Ge2N8. The Morgan fingerprint density at radius 3 is 0.711 bits per heavy atom. The van der Waals surface area contributed by atoms with Gasteiger partial charge in [-0.05, 0) is 0 Å². The van der Waals surface area contributed by atoms with Gasteiger partial charge in [-0.25, -0.2) is 0 Å². The van der Waals surface area contributed by atoms with Gasteiger partial charge >= 0.3 is 721 Å². The van der Waals surface area contributed by atoms with Gasteiger partial charge in [-0.2, -0.15) is 0 Å². The molecule has 0 fully saturated rings. The van der Waals surface area contributed by atoms with Crippen LogP contribution in [-0.4, -0.2) is 65.6 Å². The van der Waals surface area contributed by atoms with Crippen molar-refractivity contribution in [3.63, 3.8) is 0 Å². The van der Waals surface area contributed by atoms with E-state index >= 15 is 0 Å². The monoisotopic (exact) mass is 1760 g/mol. The molecule has 128 heavy (non-hydrogen) atoms. The summed E-state index contributed by atoms with van der Waals surface area (Å²) in [6.07, 6.45) is 0. The number of hydrogen-bond donors (Lipinski definition) is 0. The second-order valence-electron chi connectivity index (χ2n) is 33.1.